The van der Waals surface area contributed by atoms with Gasteiger partial charge in [-0.05, 0) is 24.7 Å². The molecule has 0 N–H and O–H groups in total. The number of isothiocyanates is 1. The molecule has 1 aliphatic rings. The van der Waals surface area contributed by atoms with Crippen molar-refractivity contribution in [3.63, 3.8) is 0 Å². The average molecular weight is 347 g/mol. The van der Waals surface area contributed by atoms with E-state index in [0.29, 0.717) is 0 Å². The summed E-state index contributed by atoms with van der Waals surface area (Å²) >= 11 is 4.56. The Hall–Kier alpha value is -2.41. The Balaban J connectivity index is 1.90. The number of aromatic nitrogens is 2. The maximum atomic E-state index is 14.1. The maximum absolute atomic E-state index is 14.1. The fraction of sp³-hybridized carbons (Fsp3) is 0.312. The van der Waals surface area contributed by atoms with E-state index in [9.17, 15) is 9.18 Å². The molecular formula is C16H14FN3O3S. The predicted octanol–water partition coefficient (Wildman–Crippen LogP) is 2.62. The van der Waals surface area contributed by atoms with Crippen molar-refractivity contribution < 1.29 is 18.7 Å². The molecule has 1 aliphatic heterocycles. The molecule has 1 aromatic heterocycles. The van der Waals surface area contributed by atoms with E-state index in [1.807, 2.05) is 37.3 Å². The summed E-state index contributed by atoms with van der Waals surface area (Å²) in [5.41, 5.74) is -0.587. The van der Waals surface area contributed by atoms with Crippen LogP contribution in [0.5, 0.6) is 0 Å². The summed E-state index contributed by atoms with van der Waals surface area (Å²) in [6.07, 6.45) is 1.27. The van der Waals surface area contributed by atoms with Crippen LogP contribution in [-0.4, -0.2) is 39.6 Å². The van der Waals surface area contributed by atoms with Gasteiger partial charge in [-0.2, -0.15) is 9.38 Å². The predicted molar refractivity (Wildman–Crippen MR) is 86.4 cm³/mol. The number of carbonyl (C=O) groups excluding carboxylic acids is 1. The molecule has 1 aromatic carbocycles. The second-order valence-electron chi connectivity index (χ2n) is 5.41. The number of rotatable bonds is 5. The van der Waals surface area contributed by atoms with Gasteiger partial charge in [-0.3, -0.25) is 0 Å². The number of benzene rings is 1. The van der Waals surface area contributed by atoms with E-state index >= 15 is 0 Å². The van der Waals surface area contributed by atoms with Gasteiger partial charge in [0.2, 0.25) is 5.95 Å². The van der Waals surface area contributed by atoms with E-state index in [0.717, 1.165) is 5.56 Å². The maximum Gasteiger partial charge on any atom is 0.362 e. The van der Waals surface area contributed by atoms with Gasteiger partial charge in [0.1, 0.15) is 13.2 Å². The molecule has 0 aliphatic carbocycles. The second kappa shape index (κ2) is 6.60. The summed E-state index contributed by atoms with van der Waals surface area (Å²) in [6.45, 7) is 1.96. The van der Waals surface area contributed by atoms with Gasteiger partial charge in [0, 0.05) is 0 Å². The minimum absolute atomic E-state index is 0.0619. The fourth-order valence-corrected chi connectivity index (χ4v) is 2.61. The molecule has 0 radical (unpaired) electrons. The van der Waals surface area contributed by atoms with Crippen LogP contribution in [0.25, 0.3) is 0 Å². The number of thiocarbonyl (C=S) groups is 1. The number of esters is 1. The lowest BCUT2D eigenvalue weighted by molar-refractivity contribution is -0.175. The van der Waals surface area contributed by atoms with Crippen LogP contribution >= 0.6 is 12.2 Å². The third-order valence-corrected chi connectivity index (χ3v) is 3.92. The second-order valence-corrected chi connectivity index (χ2v) is 5.59. The topological polar surface area (TPSA) is 65.7 Å². The number of halogens is 1. The molecule has 2 aromatic rings. The normalized spacial score (nSPS) is 16.6. The van der Waals surface area contributed by atoms with Crippen molar-refractivity contribution in [1.29, 1.82) is 0 Å². The van der Waals surface area contributed by atoms with Crippen LogP contribution in [0.3, 0.4) is 0 Å². The molecule has 1 saturated heterocycles. The van der Waals surface area contributed by atoms with Crippen molar-refractivity contribution in [3.05, 3.63) is 53.9 Å². The van der Waals surface area contributed by atoms with Crippen LogP contribution in [0, 0.1) is 5.95 Å². The Morgan fingerprint density at radius 3 is 2.79 bits per heavy atom. The molecule has 2 heterocycles. The number of ether oxygens (including phenoxy) is 2. The summed E-state index contributed by atoms with van der Waals surface area (Å²) in [6, 6.07) is 9.08. The van der Waals surface area contributed by atoms with Gasteiger partial charge in [-0.15, -0.1) is 0 Å². The zero-order valence-electron chi connectivity index (χ0n) is 12.8. The number of carbonyl (C=O) groups is 1. The summed E-state index contributed by atoms with van der Waals surface area (Å²) in [7, 11) is 0. The summed E-state index contributed by atoms with van der Waals surface area (Å²) in [5, 5.41) is 2.17. The molecule has 1 atom stereocenters. The lowest BCUT2D eigenvalue weighted by Gasteiger charge is -2.35. The van der Waals surface area contributed by atoms with E-state index in [4.69, 9.17) is 9.47 Å². The van der Waals surface area contributed by atoms with E-state index in [2.05, 4.69) is 27.4 Å². The molecular weight excluding hydrogens is 333 g/mol. The highest BCUT2D eigenvalue weighted by Crippen LogP contribution is 2.27. The highest BCUT2D eigenvalue weighted by molar-refractivity contribution is 7.78. The quantitative estimate of drug-likeness (QED) is 0.473. The van der Waals surface area contributed by atoms with Crippen molar-refractivity contribution in [1.82, 2.24) is 9.55 Å². The lowest BCUT2D eigenvalue weighted by atomic mass is 10.1. The lowest BCUT2D eigenvalue weighted by Crippen LogP contribution is -2.51. The molecule has 1 fully saturated rings. The van der Waals surface area contributed by atoms with Crippen molar-refractivity contribution in [2.75, 3.05) is 13.2 Å². The standard InChI is InChI=1S/C16H14FN3O3S/c1-11(12-5-3-2-4-6-12)20-9-18-14(17)13(20)15(21)23-16(19-10-24)7-22-8-16/h2-6,9,11H,7-8H2,1H3/t11-/m1/s1. The van der Waals surface area contributed by atoms with Gasteiger partial charge < -0.3 is 14.0 Å². The summed E-state index contributed by atoms with van der Waals surface area (Å²) in [4.78, 5) is 19.9. The minimum atomic E-state index is -1.23. The first-order valence-corrected chi connectivity index (χ1v) is 7.64. The van der Waals surface area contributed by atoms with Gasteiger partial charge in [0.15, 0.2) is 5.69 Å². The molecule has 6 nitrogen and oxygen atoms in total. The Labute approximate surface area is 142 Å². The van der Waals surface area contributed by atoms with E-state index in [1.165, 1.54) is 10.9 Å². The van der Waals surface area contributed by atoms with Crippen LogP contribution in [0.4, 0.5) is 4.39 Å². The highest BCUT2D eigenvalue weighted by Gasteiger charge is 2.44. The third-order valence-electron chi connectivity index (χ3n) is 3.83. The number of hydrogen-bond donors (Lipinski definition) is 0. The highest BCUT2D eigenvalue weighted by atomic mass is 32.1. The largest absolute Gasteiger partial charge is 0.426 e. The Morgan fingerprint density at radius 1 is 1.50 bits per heavy atom. The number of imidazole rings is 1. The van der Waals surface area contributed by atoms with Gasteiger partial charge in [0.05, 0.1) is 17.5 Å². The number of hydrogen-bond acceptors (Lipinski definition) is 6. The average Bonchev–Trinajstić information content (AvgIpc) is 2.94. The van der Waals surface area contributed by atoms with Crippen molar-refractivity contribution >= 4 is 23.3 Å². The Kier molecular flexibility index (Phi) is 4.53. The molecule has 0 unspecified atom stereocenters. The van der Waals surface area contributed by atoms with E-state index in [1.54, 1.807) is 0 Å². The number of nitrogens with zero attached hydrogens (tertiary/aromatic N) is 3. The molecule has 0 saturated carbocycles. The molecule has 3 rings (SSSR count). The van der Waals surface area contributed by atoms with E-state index in [-0.39, 0.29) is 24.9 Å². The number of aliphatic imine (C=N–C) groups is 1. The SMILES string of the molecule is C[C@H](c1ccccc1)n1cnc(F)c1C(=O)OC1(N=C=S)COC1. The smallest absolute Gasteiger partial charge is 0.362 e. The zero-order chi connectivity index (χ0) is 17.2. The first-order chi connectivity index (χ1) is 11.6. The Bertz CT molecular complexity index is 798. The molecule has 8 heteroatoms. The summed E-state index contributed by atoms with van der Waals surface area (Å²) < 4.78 is 25.8. The fourth-order valence-electron chi connectivity index (χ4n) is 2.44. The minimum Gasteiger partial charge on any atom is -0.426 e. The first kappa shape index (κ1) is 16.4. The zero-order valence-corrected chi connectivity index (χ0v) is 13.6. The Morgan fingerprint density at radius 2 is 2.21 bits per heavy atom. The van der Waals surface area contributed by atoms with Crippen LogP contribution in [0.2, 0.25) is 0 Å². The van der Waals surface area contributed by atoms with Crippen molar-refractivity contribution in [2.24, 2.45) is 4.99 Å². The molecule has 124 valence electrons. The van der Waals surface area contributed by atoms with Gasteiger partial charge in [-0.25, -0.2) is 9.78 Å². The molecule has 24 heavy (non-hydrogen) atoms. The van der Waals surface area contributed by atoms with Crippen LogP contribution in [-0.2, 0) is 9.47 Å². The van der Waals surface area contributed by atoms with Crippen LogP contribution in [0.15, 0.2) is 41.7 Å². The molecule has 0 amide bonds. The van der Waals surface area contributed by atoms with Crippen LogP contribution < -0.4 is 0 Å². The van der Waals surface area contributed by atoms with Crippen molar-refractivity contribution in [3.8, 4) is 0 Å². The third kappa shape index (κ3) is 2.99. The molecule has 0 bridgehead atoms. The van der Waals surface area contributed by atoms with Gasteiger partial charge >= 0.3 is 5.97 Å². The van der Waals surface area contributed by atoms with Crippen LogP contribution in [0.1, 0.15) is 29.0 Å². The monoisotopic (exact) mass is 347 g/mol. The van der Waals surface area contributed by atoms with E-state index < -0.39 is 17.6 Å². The van der Waals surface area contributed by atoms with Crippen molar-refractivity contribution in [2.45, 2.75) is 18.7 Å². The van der Waals surface area contributed by atoms with Gasteiger partial charge in [0.25, 0.3) is 5.72 Å². The first-order valence-electron chi connectivity index (χ1n) is 7.24. The van der Waals surface area contributed by atoms with Gasteiger partial charge in [-0.1, -0.05) is 30.3 Å². The molecule has 0 spiro atoms. The summed E-state index contributed by atoms with van der Waals surface area (Å²) in [5.74, 6) is -1.77.